The minimum atomic E-state index is -3.89. The molecule has 2 aromatic rings. The standard InChI is InChI=1S/C35H43ClN2O11S/c1-5-48-31(42)16-25(17-32(43)49-21-23-12-8-6-9-13-23)34(44)38-33(24-14-10-7-11-15-24)28(39)20-27(22(2)3)35(45)37-26(19-30(40)41)18-29(36)50(4,46)47/h6-15,18,22,25-27,33H,5,16-17,19-21H2,1-4H3,(H,37,45)(H,38,44)(H,40,41)/b29-18+/t25-,26-,27+,33+/m1/s1. The number of halogens is 1. The molecule has 0 fully saturated rings. The first-order chi connectivity index (χ1) is 23.5. The number of esters is 2. The fourth-order valence-electron chi connectivity index (χ4n) is 4.81. The molecule has 272 valence electrons. The van der Waals surface area contributed by atoms with Crippen LogP contribution in [0, 0.1) is 17.8 Å². The van der Waals surface area contributed by atoms with Crippen molar-refractivity contribution in [3.63, 3.8) is 0 Å². The molecule has 0 radical (unpaired) electrons. The zero-order chi connectivity index (χ0) is 37.4. The lowest BCUT2D eigenvalue weighted by Crippen LogP contribution is -2.44. The van der Waals surface area contributed by atoms with Gasteiger partial charge in [-0.1, -0.05) is 86.1 Å². The van der Waals surface area contributed by atoms with E-state index in [1.807, 2.05) is 0 Å². The molecule has 13 nitrogen and oxygen atoms in total. The van der Waals surface area contributed by atoms with Crippen molar-refractivity contribution in [2.24, 2.45) is 17.8 Å². The van der Waals surface area contributed by atoms with Crippen LogP contribution in [0.3, 0.4) is 0 Å². The fraction of sp³-hybridized carbons (Fsp3) is 0.429. The number of carboxylic acids is 1. The van der Waals surface area contributed by atoms with E-state index >= 15 is 0 Å². The van der Waals surface area contributed by atoms with E-state index in [0.29, 0.717) is 5.56 Å². The Hall–Kier alpha value is -4.56. The predicted molar refractivity (Wildman–Crippen MR) is 184 cm³/mol. The normalized spacial score (nSPS) is 14.1. The Morgan fingerprint density at radius 3 is 1.90 bits per heavy atom. The van der Waals surface area contributed by atoms with Crippen LogP contribution in [0.2, 0.25) is 0 Å². The molecule has 0 saturated heterocycles. The second kappa shape index (κ2) is 20.2. The first-order valence-corrected chi connectivity index (χ1v) is 18.1. The van der Waals surface area contributed by atoms with Gasteiger partial charge in [0.2, 0.25) is 11.8 Å². The second-order valence-electron chi connectivity index (χ2n) is 11.9. The zero-order valence-electron chi connectivity index (χ0n) is 28.3. The van der Waals surface area contributed by atoms with Gasteiger partial charge in [0.1, 0.15) is 17.0 Å². The summed E-state index contributed by atoms with van der Waals surface area (Å²) in [6, 6.07) is 14.4. The second-order valence-corrected chi connectivity index (χ2v) is 14.5. The molecule has 0 aliphatic rings. The largest absolute Gasteiger partial charge is 0.481 e. The summed E-state index contributed by atoms with van der Waals surface area (Å²) in [5, 5.41) is 14.4. The number of benzene rings is 2. The highest BCUT2D eigenvalue weighted by atomic mass is 35.5. The molecule has 15 heteroatoms. The van der Waals surface area contributed by atoms with Crippen LogP contribution in [0.15, 0.2) is 71.1 Å². The van der Waals surface area contributed by atoms with Gasteiger partial charge in [-0.15, -0.1) is 0 Å². The summed E-state index contributed by atoms with van der Waals surface area (Å²) in [5.74, 6) is -7.74. The van der Waals surface area contributed by atoms with Crippen LogP contribution in [0.25, 0.3) is 0 Å². The van der Waals surface area contributed by atoms with Crippen molar-refractivity contribution in [3.8, 4) is 0 Å². The Kier molecular flexibility index (Phi) is 16.8. The summed E-state index contributed by atoms with van der Waals surface area (Å²) < 4.78 is 33.3. The number of amides is 2. The van der Waals surface area contributed by atoms with Crippen molar-refractivity contribution >= 4 is 56.9 Å². The SMILES string of the molecule is CCOC(=O)C[C@H](CC(=O)OCc1ccccc1)C(=O)N[C@H](C(=O)C[C@H](C(=O)N[C@H](/C=C(\Cl)S(C)(=O)=O)CC(=O)O)C(C)C)c1ccccc1. The average molecular weight is 735 g/mol. The van der Waals surface area contributed by atoms with E-state index in [2.05, 4.69) is 10.6 Å². The van der Waals surface area contributed by atoms with Crippen LogP contribution in [0.5, 0.6) is 0 Å². The molecule has 0 aliphatic heterocycles. The van der Waals surface area contributed by atoms with Gasteiger partial charge in [0.25, 0.3) is 0 Å². The number of nitrogens with one attached hydrogen (secondary N) is 2. The van der Waals surface area contributed by atoms with Gasteiger partial charge in [0, 0.05) is 18.6 Å². The summed E-state index contributed by atoms with van der Waals surface area (Å²) >= 11 is 5.83. The van der Waals surface area contributed by atoms with Crippen LogP contribution < -0.4 is 10.6 Å². The van der Waals surface area contributed by atoms with Gasteiger partial charge in [-0.2, -0.15) is 0 Å². The number of ether oxygens (including phenoxy) is 2. The molecule has 2 aromatic carbocycles. The molecule has 0 unspecified atom stereocenters. The summed E-state index contributed by atoms with van der Waals surface area (Å²) in [4.78, 5) is 77.7. The molecule has 0 aromatic heterocycles. The fourth-order valence-corrected chi connectivity index (χ4v) is 5.37. The predicted octanol–water partition coefficient (Wildman–Crippen LogP) is 3.86. The Bertz CT molecular complexity index is 1630. The topological polar surface area (TPSA) is 199 Å². The first-order valence-electron chi connectivity index (χ1n) is 15.8. The summed E-state index contributed by atoms with van der Waals surface area (Å²) in [7, 11) is -3.89. The highest BCUT2D eigenvalue weighted by molar-refractivity contribution is 7.96. The molecular formula is C35H43ClN2O11S. The maximum atomic E-state index is 13.9. The Balaban J connectivity index is 2.33. The van der Waals surface area contributed by atoms with Gasteiger partial charge in [-0.3, -0.25) is 28.8 Å². The van der Waals surface area contributed by atoms with Crippen LogP contribution in [0.4, 0.5) is 0 Å². The van der Waals surface area contributed by atoms with E-state index in [9.17, 15) is 42.3 Å². The number of ketones is 1. The molecule has 0 saturated carbocycles. The van der Waals surface area contributed by atoms with Crippen molar-refractivity contribution < 1.29 is 51.8 Å². The molecular weight excluding hydrogens is 692 g/mol. The van der Waals surface area contributed by atoms with Crippen LogP contribution in [-0.2, 0) is 54.7 Å². The van der Waals surface area contributed by atoms with Crippen molar-refractivity contribution in [1.29, 1.82) is 0 Å². The van der Waals surface area contributed by atoms with Gasteiger partial charge in [-0.05, 0) is 30.0 Å². The monoisotopic (exact) mass is 734 g/mol. The number of hydrogen-bond acceptors (Lipinski definition) is 10. The smallest absolute Gasteiger partial charge is 0.306 e. The van der Waals surface area contributed by atoms with Gasteiger partial charge in [-0.25, -0.2) is 8.42 Å². The third-order valence-corrected chi connectivity index (χ3v) is 9.27. The quantitative estimate of drug-likeness (QED) is 0.167. The number of carboxylic acid groups (broad SMARTS) is 1. The van der Waals surface area contributed by atoms with E-state index in [-0.39, 0.29) is 13.2 Å². The van der Waals surface area contributed by atoms with Crippen molar-refractivity contribution in [2.75, 3.05) is 12.9 Å². The number of carbonyl (C=O) groups excluding carboxylic acids is 5. The third-order valence-electron chi connectivity index (χ3n) is 7.46. The van der Waals surface area contributed by atoms with Gasteiger partial charge < -0.3 is 25.2 Å². The molecule has 0 bridgehead atoms. The molecule has 0 heterocycles. The number of hydrogen-bond donors (Lipinski definition) is 3. The highest BCUT2D eigenvalue weighted by Gasteiger charge is 2.34. The molecule has 0 aliphatic carbocycles. The molecule has 2 amide bonds. The minimum absolute atomic E-state index is 0.0407. The Morgan fingerprint density at radius 2 is 1.38 bits per heavy atom. The van der Waals surface area contributed by atoms with Gasteiger partial charge in [0.15, 0.2) is 15.6 Å². The first kappa shape index (κ1) is 41.6. The Labute approximate surface area is 296 Å². The zero-order valence-corrected chi connectivity index (χ0v) is 29.9. The minimum Gasteiger partial charge on any atom is -0.481 e. The van der Waals surface area contributed by atoms with E-state index < -0.39 is 105 Å². The van der Waals surface area contributed by atoms with Crippen molar-refractivity contribution in [3.05, 3.63) is 82.2 Å². The lowest BCUT2D eigenvalue weighted by molar-refractivity contribution is -0.151. The number of rotatable bonds is 20. The third kappa shape index (κ3) is 14.5. The van der Waals surface area contributed by atoms with Crippen LogP contribution >= 0.6 is 11.6 Å². The van der Waals surface area contributed by atoms with E-state index in [0.717, 1.165) is 17.9 Å². The van der Waals surface area contributed by atoms with E-state index in [1.54, 1.807) is 81.4 Å². The molecule has 2 rings (SSSR count). The summed E-state index contributed by atoms with van der Waals surface area (Å²) in [6.45, 7) is 4.90. The average Bonchev–Trinajstić information content (AvgIpc) is 3.04. The maximum absolute atomic E-state index is 13.9. The number of sulfone groups is 1. The lowest BCUT2D eigenvalue weighted by atomic mass is 9.86. The Morgan fingerprint density at radius 1 is 0.820 bits per heavy atom. The highest BCUT2D eigenvalue weighted by Crippen LogP contribution is 2.25. The lowest BCUT2D eigenvalue weighted by Gasteiger charge is -2.26. The van der Waals surface area contributed by atoms with Crippen LogP contribution in [-0.4, -0.2) is 67.9 Å². The number of Topliss-reactive ketones (excluding diaryl/α,β-unsaturated/α-hetero) is 1. The molecule has 0 spiro atoms. The van der Waals surface area contributed by atoms with Gasteiger partial charge >= 0.3 is 17.9 Å². The van der Waals surface area contributed by atoms with Crippen molar-refractivity contribution in [1.82, 2.24) is 10.6 Å². The molecule has 50 heavy (non-hydrogen) atoms. The van der Waals surface area contributed by atoms with Gasteiger partial charge in [0.05, 0.1) is 37.8 Å². The van der Waals surface area contributed by atoms with E-state index in [4.69, 9.17) is 21.1 Å². The van der Waals surface area contributed by atoms with Crippen LogP contribution in [0.1, 0.15) is 63.6 Å². The maximum Gasteiger partial charge on any atom is 0.306 e. The summed E-state index contributed by atoms with van der Waals surface area (Å²) in [6.07, 6.45) is -0.337. The van der Waals surface area contributed by atoms with Crippen molar-refractivity contribution in [2.45, 2.75) is 65.1 Å². The number of aliphatic carboxylic acids is 1. The summed E-state index contributed by atoms with van der Waals surface area (Å²) in [5.41, 5.74) is 1.08. The molecule has 3 N–H and O–H groups in total. The van der Waals surface area contributed by atoms with E-state index in [1.165, 1.54) is 0 Å². The molecule has 4 atom stereocenters. The number of carbonyl (C=O) groups is 6.